The first-order valence-electron chi connectivity index (χ1n) is 8.20. The van der Waals surface area contributed by atoms with Crippen LogP contribution in [0.5, 0.6) is 0 Å². The molecule has 4 rings (SSSR count). The monoisotopic (exact) mass is 436 g/mol. The Hall–Kier alpha value is -1.51. The largest absolute Gasteiger partial charge is 0.346 e. The van der Waals surface area contributed by atoms with E-state index in [4.69, 9.17) is 0 Å². The van der Waals surface area contributed by atoms with Crippen LogP contribution >= 0.6 is 38.6 Å². The molecule has 25 heavy (non-hydrogen) atoms. The lowest BCUT2D eigenvalue weighted by molar-refractivity contribution is 0.0901. The van der Waals surface area contributed by atoms with E-state index in [9.17, 15) is 4.79 Å². The zero-order valence-corrected chi connectivity index (χ0v) is 16.6. The summed E-state index contributed by atoms with van der Waals surface area (Å²) in [5, 5.41) is 12.3. The highest BCUT2D eigenvalue weighted by molar-refractivity contribution is 9.10. The normalized spacial score (nSPS) is 20.5. The minimum atomic E-state index is -0.0952. The molecule has 0 unspecified atom stereocenters. The predicted octanol–water partition coefficient (Wildman–Crippen LogP) is 4.74. The maximum atomic E-state index is 12.7. The van der Waals surface area contributed by atoms with E-state index >= 15 is 0 Å². The third-order valence-electron chi connectivity index (χ3n) is 4.43. The first-order chi connectivity index (χ1) is 12.2. The van der Waals surface area contributed by atoms with Gasteiger partial charge < -0.3 is 5.32 Å². The van der Waals surface area contributed by atoms with Gasteiger partial charge >= 0.3 is 0 Å². The molecule has 1 fully saturated rings. The van der Waals surface area contributed by atoms with Gasteiger partial charge in [-0.25, -0.2) is 4.98 Å². The van der Waals surface area contributed by atoms with Crippen LogP contribution in [0.4, 0.5) is 0 Å². The second-order valence-corrected chi connectivity index (χ2v) is 8.77. The number of thiophene rings is 1. The van der Waals surface area contributed by atoms with Crippen LogP contribution in [0.1, 0.15) is 42.2 Å². The van der Waals surface area contributed by atoms with Gasteiger partial charge in [-0.05, 0) is 40.9 Å². The van der Waals surface area contributed by atoms with Crippen LogP contribution in [0, 0.1) is 0 Å². The Labute approximate surface area is 162 Å². The molecule has 5 nitrogen and oxygen atoms in total. The minimum absolute atomic E-state index is 0.0952. The molecule has 0 saturated heterocycles. The summed E-state index contributed by atoms with van der Waals surface area (Å²) in [6.45, 7) is 0. The quantitative estimate of drug-likeness (QED) is 0.641. The average molecular weight is 437 g/mol. The third-order valence-corrected chi connectivity index (χ3v) is 7.13. The van der Waals surface area contributed by atoms with Gasteiger partial charge in [-0.15, -0.1) is 22.7 Å². The average Bonchev–Trinajstić information content (AvgIpc) is 3.36. The highest BCUT2D eigenvalue weighted by atomic mass is 79.9. The summed E-state index contributed by atoms with van der Waals surface area (Å²) in [5.41, 5.74) is 0.495. The molecule has 8 heteroatoms. The SMILES string of the molecule is O=C(N[C@@H]1CCCC[C@@H]1n1cccn1)c1csc(-c2cc(Br)cs2)n1. The van der Waals surface area contributed by atoms with Crippen molar-refractivity contribution in [1.82, 2.24) is 20.1 Å². The summed E-state index contributed by atoms with van der Waals surface area (Å²) in [4.78, 5) is 18.3. The van der Waals surface area contributed by atoms with E-state index in [0.717, 1.165) is 33.6 Å². The Morgan fingerprint density at radius 3 is 2.92 bits per heavy atom. The van der Waals surface area contributed by atoms with Crippen LogP contribution < -0.4 is 5.32 Å². The number of thiazole rings is 1. The molecule has 1 aliphatic rings. The molecule has 1 saturated carbocycles. The lowest BCUT2D eigenvalue weighted by Crippen LogP contribution is -2.43. The molecule has 0 aliphatic heterocycles. The fraction of sp³-hybridized carbons (Fsp3) is 0.353. The highest BCUT2D eigenvalue weighted by Crippen LogP contribution is 2.32. The molecule has 1 N–H and O–H groups in total. The van der Waals surface area contributed by atoms with Crippen LogP contribution in [0.15, 0.2) is 39.8 Å². The van der Waals surface area contributed by atoms with Crippen molar-refractivity contribution in [1.29, 1.82) is 0 Å². The minimum Gasteiger partial charge on any atom is -0.346 e. The number of aromatic nitrogens is 3. The van der Waals surface area contributed by atoms with Crippen molar-refractivity contribution in [2.75, 3.05) is 0 Å². The molecular formula is C17H17BrN4OS2. The number of hydrogen-bond donors (Lipinski definition) is 1. The summed E-state index contributed by atoms with van der Waals surface area (Å²) < 4.78 is 3.01. The van der Waals surface area contributed by atoms with Gasteiger partial charge in [0, 0.05) is 27.6 Å². The van der Waals surface area contributed by atoms with Gasteiger partial charge in [-0.3, -0.25) is 9.48 Å². The fourth-order valence-electron chi connectivity index (χ4n) is 3.23. The van der Waals surface area contributed by atoms with E-state index in [1.807, 2.05) is 33.8 Å². The van der Waals surface area contributed by atoms with Crippen molar-refractivity contribution in [3.63, 3.8) is 0 Å². The van der Waals surface area contributed by atoms with E-state index in [1.165, 1.54) is 17.8 Å². The standard InChI is InChI=1S/C17H17BrN4OS2/c18-11-8-15(24-9-11)17-21-13(10-25-17)16(23)20-12-4-1-2-5-14(12)22-7-3-6-19-22/h3,6-10,12,14H,1-2,4-5H2,(H,20,23)/t12-,14+/m1/s1. The van der Waals surface area contributed by atoms with E-state index in [0.29, 0.717) is 5.69 Å². The van der Waals surface area contributed by atoms with Gasteiger partial charge in [0.05, 0.1) is 17.0 Å². The zero-order chi connectivity index (χ0) is 17.2. The van der Waals surface area contributed by atoms with Crippen LogP contribution in [-0.2, 0) is 0 Å². The van der Waals surface area contributed by atoms with Gasteiger partial charge in [0.2, 0.25) is 0 Å². The number of rotatable bonds is 4. The predicted molar refractivity (Wildman–Crippen MR) is 104 cm³/mol. The zero-order valence-electron chi connectivity index (χ0n) is 13.4. The molecule has 1 amide bonds. The first kappa shape index (κ1) is 16.9. The van der Waals surface area contributed by atoms with Gasteiger partial charge in [0.15, 0.2) is 0 Å². The summed E-state index contributed by atoms with van der Waals surface area (Å²) in [7, 11) is 0. The summed E-state index contributed by atoms with van der Waals surface area (Å²) in [6.07, 6.45) is 8.09. The Kier molecular flexibility index (Phi) is 5.00. The van der Waals surface area contributed by atoms with Crippen LogP contribution in [0.25, 0.3) is 9.88 Å². The lowest BCUT2D eigenvalue weighted by atomic mass is 9.90. The number of halogens is 1. The Balaban J connectivity index is 1.48. The van der Waals surface area contributed by atoms with Gasteiger partial charge in [-0.1, -0.05) is 12.8 Å². The van der Waals surface area contributed by atoms with Crippen molar-refractivity contribution < 1.29 is 4.79 Å². The maximum Gasteiger partial charge on any atom is 0.271 e. The number of carbonyl (C=O) groups excluding carboxylic acids is 1. The van der Waals surface area contributed by atoms with Gasteiger partial charge in [0.1, 0.15) is 10.7 Å². The van der Waals surface area contributed by atoms with Gasteiger partial charge in [-0.2, -0.15) is 5.10 Å². The Bertz CT molecular complexity index is 858. The number of nitrogens with zero attached hydrogens (tertiary/aromatic N) is 3. The lowest BCUT2D eigenvalue weighted by Gasteiger charge is -2.32. The molecule has 0 spiro atoms. The van der Waals surface area contributed by atoms with Crippen LogP contribution in [0.2, 0.25) is 0 Å². The number of hydrogen-bond acceptors (Lipinski definition) is 5. The molecule has 1 aliphatic carbocycles. The Morgan fingerprint density at radius 2 is 2.16 bits per heavy atom. The van der Waals surface area contributed by atoms with E-state index < -0.39 is 0 Å². The molecule has 130 valence electrons. The molecule has 0 radical (unpaired) electrons. The topological polar surface area (TPSA) is 59.8 Å². The molecule has 3 aromatic rings. The third kappa shape index (κ3) is 3.70. The molecule has 3 heterocycles. The van der Waals surface area contributed by atoms with E-state index in [1.54, 1.807) is 17.5 Å². The highest BCUT2D eigenvalue weighted by Gasteiger charge is 2.29. The number of nitrogens with one attached hydrogen (secondary N) is 1. The van der Waals surface area contributed by atoms with Gasteiger partial charge in [0.25, 0.3) is 5.91 Å². The van der Waals surface area contributed by atoms with Crippen LogP contribution in [-0.4, -0.2) is 26.7 Å². The number of carbonyl (C=O) groups is 1. The first-order valence-corrected chi connectivity index (χ1v) is 10.8. The number of amides is 1. The molecule has 0 bridgehead atoms. The van der Waals surface area contributed by atoms with Crippen molar-refractivity contribution in [3.8, 4) is 9.88 Å². The second-order valence-electron chi connectivity index (χ2n) is 6.08. The maximum absolute atomic E-state index is 12.7. The molecule has 2 atom stereocenters. The Morgan fingerprint density at radius 1 is 1.28 bits per heavy atom. The van der Waals surface area contributed by atoms with Crippen molar-refractivity contribution >= 4 is 44.5 Å². The van der Waals surface area contributed by atoms with E-state index in [2.05, 4.69) is 31.3 Å². The van der Waals surface area contributed by atoms with Crippen molar-refractivity contribution in [2.24, 2.45) is 0 Å². The summed E-state index contributed by atoms with van der Waals surface area (Å²) in [6, 6.07) is 4.28. The molecule has 0 aromatic carbocycles. The van der Waals surface area contributed by atoms with Crippen molar-refractivity contribution in [3.05, 3.63) is 45.5 Å². The molecule has 3 aromatic heterocycles. The smallest absolute Gasteiger partial charge is 0.271 e. The summed E-state index contributed by atoms with van der Waals surface area (Å²) >= 11 is 6.58. The van der Waals surface area contributed by atoms with Crippen molar-refractivity contribution in [2.45, 2.75) is 37.8 Å². The molecular weight excluding hydrogens is 420 g/mol. The fourth-order valence-corrected chi connectivity index (χ4v) is 5.54. The second kappa shape index (κ2) is 7.39. The summed E-state index contributed by atoms with van der Waals surface area (Å²) in [5.74, 6) is -0.0952. The van der Waals surface area contributed by atoms with Crippen LogP contribution in [0.3, 0.4) is 0 Å². The van der Waals surface area contributed by atoms with E-state index in [-0.39, 0.29) is 18.0 Å².